The lowest BCUT2D eigenvalue weighted by molar-refractivity contribution is -0.159. The van der Waals surface area contributed by atoms with Crippen molar-refractivity contribution in [1.82, 2.24) is 15.0 Å². The van der Waals surface area contributed by atoms with Gasteiger partial charge in [0.05, 0.1) is 17.0 Å². The predicted octanol–water partition coefficient (Wildman–Crippen LogP) is 5.43. The van der Waals surface area contributed by atoms with Crippen molar-refractivity contribution in [2.24, 2.45) is 0 Å². The van der Waals surface area contributed by atoms with Gasteiger partial charge in [0.1, 0.15) is 0 Å². The van der Waals surface area contributed by atoms with Gasteiger partial charge < -0.3 is 14.7 Å². The van der Waals surface area contributed by atoms with Crippen LogP contribution in [0.25, 0.3) is 10.7 Å². The molecule has 4 rings (SSSR count). The summed E-state index contributed by atoms with van der Waals surface area (Å²) < 4.78 is 80.1. The Morgan fingerprint density at radius 1 is 1.10 bits per heavy atom. The molecule has 0 radical (unpaired) electrons. The van der Waals surface area contributed by atoms with E-state index < -0.39 is 29.8 Å². The van der Waals surface area contributed by atoms with Gasteiger partial charge in [0.2, 0.25) is 5.82 Å². The van der Waals surface area contributed by atoms with Gasteiger partial charge in [-0.3, -0.25) is 0 Å². The Kier molecular flexibility index (Phi) is 5.15. The third kappa shape index (κ3) is 4.50. The number of thiophene rings is 1. The zero-order valence-corrected chi connectivity index (χ0v) is 16.2. The summed E-state index contributed by atoms with van der Waals surface area (Å²) in [5, 5.41) is 5.90. The maximum Gasteiger partial charge on any atom is 0.471 e. The molecule has 1 aromatic carbocycles. The molecule has 164 valence electrons. The molecule has 31 heavy (non-hydrogen) atoms. The number of nitrogens with one attached hydrogen (secondary N) is 1. The van der Waals surface area contributed by atoms with Crippen LogP contribution in [0.4, 0.5) is 36.8 Å². The first kappa shape index (κ1) is 21.2. The normalized spacial score (nSPS) is 14.5. The fourth-order valence-electron chi connectivity index (χ4n) is 2.99. The molecular weight excluding hydrogens is 450 g/mol. The summed E-state index contributed by atoms with van der Waals surface area (Å²) in [5.74, 6) is -1.63. The predicted molar refractivity (Wildman–Crippen MR) is 97.2 cm³/mol. The van der Waals surface area contributed by atoms with E-state index in [4.69, 9.17) is 0 Å². The smallest absolute Gasteiger partial charge is 0.329 e. The van der Waals surface area contributed by atoms with Crippen LogP contribution in [0.3, 0.4) is 0 Å². The molecule has 0 saturated carbocycles. The molecule has 3 heterocycles. The molecule has 13 heteroatoms. The van der Waals surface area contributed by atoms with Crippen molar-refractivity contribution < 1.29 is 35.7 Å². The van der Waals surface area contributed by atoms with E-state index >= 15 is 0 Å². The number of aromatic nitrogens is 2. The fraction of sp³-hybridized carbons (Fsp3) is 0.278. The lowest BCUT2D eigenvalue weighted by atomic mass is 10.1. The lowest BCUT2D eigenvalue weighted by Crippen LogP contribution is -2.38. The van der Waals surface area contributed by atoms with Crippen molar-refractivity contribution in [1.29, 1.82) is 0 Å². The molecule has 3 aromatic rings. The maximum atomic E-state index is 12.6. The highest BCUT2D eigenvalue weighted by atomic mass is 32.1. The van der Waals surface area contributed by atoms with Crippen LogP contribution in [-0.2, 0) is 25.3 Å². The number of amides is 2. The highest BCUT2D eigenvalue weighted by Crippen LogP contribution is 2.36. The Labute approximate surface area is 174 Å². The average Bonchev–Trinajstić information content (AvgIpc) is 3.34. The Balaban J connectivity index is 1.44. The summed E-state index contributed by atoms with van der Waals surface area (Å²) in [4.78, 5) is 18.4. The van der Waals surface area contributed by atoms with Crippen molar-refractivity contribution in [2.45, 2.75) is 25.3 Å². The molecular formula is C18H12F6N4O2S. The summed E-state index contributed by atoms with van der Waals surface area (Å²) in [6.07, 6.45) is -8.76. The van der Waals surface area contributed by atoms with Gasteiger partial charge in [-0.25, -0.2) is 4.79 Å². The molecule has 0 saturated heterocycles. The number of alkyl halides is 6. The number of halogens is 6. The van der Waals surface area contributed by atoms with Gasteiger partial charge in [-0.05, 0) is 42.3 Å². The molecule has 0 spiro atoms. The minimum absolute atomic E-state index is 0.188. The summed E-state index contributed by atoms with van der Waals surface area (Å²) >= 11 is 1.15. The minimum atomic E-state index is -4.74. The first-order chi connectivity index (χ1) is 14.5. The number of carbonyl (C=O) groups is 1. The Hall–Kier alpha value is -3.09. The van der Waals surface area contributed by atoms with E-state index in [9.17, 15) is 31.1 Å². The van der Waals surface area contributed by atoms with Gasteiger partial charge in [-0.2, -0.15) is 31.3 Å². The average molecular weight is 462 g/mol. The monoisotopic (exact) mass is 462 g/mol. The van der Waals surface area contributed by atoms with Crippen molar-refractivity contribution in [3.63, 3.8) is 0 Å². The van der Waals surface area contributed by atoms with Crippen molar-refractivity contribution in [3.8, 4) is 10.7 Å². The van der Waals surface area contributed by atoms with E-state index in [0.717, 1.165) is 46.0 Å². The summed E-state index contributed by atoms with van der Waals surface area (Å²) in [7, 11) is 0. The third-order valence-electron chi connectivity index (χ3n) is 4.52. The zero-order chi connectivity index (χ0) is 22.4. The largest absolute Gasteiger partial charge is 0.471 e. The van der Waals surface area contributed by atoms with Crippen LogP contribution in [0.15, 0.2) is 34.9 Å². The quantitative estimate of drug-likeness (QED) is 0.516. The number of benzene rings is 1. The molecule has 2 amide bonds. The summed E-state index contributed by atoms with van der Waals surface area (Å²) in [6, 6.07) is 5.22. The van der Waals surface area contributed by atoms with Crippen LogP contribution in [0, 0.1) is 0 Å². The van der Waals surface area contributed by atoms with E-state index in [0.29, 0.717) is 17.8 Å². The summed E-state index contributed by atoms with van der Waals surface area (Å²) in [5.41, 5.74) is 0.244. The molecule has 1 N–H and O–H groups in total. The zero-order valence-electron chi connectivity index (χ0n) is 15.3. The van der Waals surface area contributed by atoms with Gasteiger partial charge in [0.15, 0.2) is 0 Å². The summed E-state index contributed by atoms with van der Waals surface area (Å²) in [6.45, 7) is 0.520. The molecule has 1 aliphatic heterocycles. The van der Waals surface area contributed by atoms with Gasteiger partial charge in [0.25, 0.3) is 0 Å². The fourth-order valence-corrected chi connectivity index (χ4v) is 4.14. The second-order valence-corrected chi connectivity index (χ2v) is 7.79. The van der Waals surface area contributed by atoms with Crippen molar-refractivity contribution in [2.75, 3.05) is 11.9 Å². The number of hydrogen-bond acceptors (Lipinski definition) is 5. The van der Waals surface area contributed by atoms with E-state index in [-0.39, 0.29) is 18.1 Å². The number of carbonyl (C=O) groups excluding carboxylic acids is 1. The molecule has 0 atom stereocenters. The van der Waals surface area contributed by atoms with Gasteiger partial charge in [0, 0.05) is 17.1 Å². The first-order valence-electron chi connectivity index (χ1n) is 8.77. The Morgan fingerprint density at radius 3 is 2.42 bits per heavy atom. The second-order valence-electron chi connectivity index (χ2n) is 6.66. The van der Waals surface area contributed by atoms with Crippen LogP contribution < -0.4 is 5.32 Å². The third-order valence-corrected chi connectivity index (χ3v) is 5.68. The number of rotatable bonds is 2. The van der Waals surface area contributed by atoms with Gasteiger partial charge in [-0.15, -0.1) is 11.3 Å². The molecule has 0 fully saturated rings. The second kappa shape index (κ2) is 7.55. The molecule has 0 aliphatic carbocycles. The van der Waals surface area contributed by atoms with E-state index in [1.54, 1.807) is 6.07 Å². The Bertz CT molecular complexity index is 1100. The van der Waals surface area contributed by atoms with Crippen LogP contribution in [0.5, 0.6) is 0 Å². The van der Waals surface area contributed by atoms with Crippen LogP contribution >= 0.6 is 11.3 Å². The van der Waals surface area contributed by atoms with E-state index in [2.05, 4.69) is 20.0 Å². The standard InChI is InChI=1S/C18H12F6N4O2S/c19-17(20,21)10-1-3-11(4-2-10)25-16(29)28-6-5-9-7-12(31-13(9)8-28)14-26-15(30-27-14)18(22,23)24/h1-4,7H,5-6,8H2,(H,25,29). The van der Waals surface area contributed by atoms with Crippen LogP contribution in [-0.4, -0.2) is 27.6 Å². The number of anilines is 1. The van der Waals surface area contributed by atoms with E-state index in [1.165, 1.54) is 4.90 Å². The number of fused-ring (bicyclic) bond motifs is 1. The molecule has 0 unspecified atom stereocenters. The highest BCUT2D eigenvalue weighted by molar-refractivity contribution is 7.15. The van der Waals surface area contributed by atoms with Crippen molar-refractivity contribution in [3.05, 3.63) is 52.2 Å². The van der Waals surface area contributed by atoms with Gasteiger partial charge >= 0.3 is 24.3 Å². The van der Waals surface area contributed by atoms with Crippen molar-refractivity contribution >= 4 is 23.1 Å². The number of nitrogens with zero attached hydrogens (tertiary/aromatic N) is 3. The highest BCUT2D eigenvalue weighted by Gasteiger charge is 2.39. The van der Waals surface area contributed by atoms with Gasteiger partial charge in [-0.1, -0.05) is 5.16 Å². The number of urea groups is 1. The topological polar surface area (TPSA) is 71.3 Å². The maximum absolute atomic E-state index is 12.6. The van der Waals surface area contributed by atoms with E-state index in [1.807, 2.05) is 0 Å². The SMILES string of the molecule is O=C(Nc1ccc(C(F)(F)F)cc1)N1CCc2cc(-c3noc(C(F)(F)F)n3)sc2C1. The Morgan fingerprint density at radius 2 is 1.81 bits per heavy atom. The number of hydrogen-bond donors (Lipinski definition) is 1. The molecule has 6 nitrogen and oxygen atoms in total. The molecule has 0 bridgehead atoms. The van der Waals surface area contributed by atoms with Crippen LogP contribution in [0.2, 0.25) is 0 Å². The van der Waals surface area contributed by atoms with Crippen LogP contribution in [0.1, 0.15) is 21.9 Å². The molecule has 2 aromatic heterocycles. The first-order valence-corrected chi connectivity index (χ1v) is 9.58. The minimum Gasteiger partial charge on any atom is -0.329 e. The molecule has 1 aliphatic rings. The lowest BCUT2D eigenvalue weighted by Gasteiger charge is -2.27.